The van der Waals surface area contributed by atoms with Crippen molar-refractivity contribution < 1.29 is 9.53 Å². The van der Waals surface area contributed by atoms with Gasteiger partial charge in [0.2, 0.25) is 5.91 Å². The average molecular weight is 421 g/mol. The van der Waals surface area contributed by atoms with Crippen LogP contribution in [-0.2, 0) is 11.2 Å². The van der Waals surface area contributed by atoms with Crippen LogP contribution in [0.1, 0.15) is 18.4 Å². The van der Waals surface area contributed by atoms with Crippen LogP contribution in [0, 0.1) is 11.8 Å². The zero-order valence-electron chi connectivity index (χ0n) is 18.2. The summed E-state index contributed by atoms with van der Waals surface area (Å²) >= 11 is 0. The minimum absolute atomic E-state index is 0.0458. The molecule has 4 heterocycles. The fourth-order valence-corrected chi connectivity index (χ4v) is 5.22. The van der Waals surface area contributed by atoms with Gasteiger partial charge in [-0.15, -0.1) is 0 Å². The molecule has 1 amide bonds. The fraction of sp³-hybridized carbons (Fsp3) is 0.520. The van der Waals surface area contributed by atoms with Gasteiger partial charge in [-0.2, -0.15) is 0 Å². The van der Waals surface area contributed by atoms with Crippen LogP contribution in [0.3, 0.4) is 0 Å². The fourth-order valence-electron chi connectivity index (χ4n) is 5.22. The predicted octanol–water partition coefficient (Wildman–Crippen LogP) is 2.69. The zero-order chi connectivity index (χ0) is 21.0. The summed E-state index contributed by atoms with van der Waals surface area (Å²) in [5.74, 6) is 2.81. The number of nitrogens with zero attached hydrogens (tertiary/aromatic N) is 4. The molecule has 1 aromatic carbocycles. The highest BCUT2D eigenvalue weighted by atomic mass is 16.5. The third kappa shape index (κ3) is 4.69. The average Bonchev–Trinajstić information content (AvgIpc) is 2.84. The minimum atomic E-state index is -0.0458. The number of likely N-dealkylation sites (tertiary alicyclic amines) is 1. The van der Waals surface area contributed by atoms with Crippen LogP contribution >= 0.6 is 0 Å². The number of ether oxygens (including phenoxy) is 1. The van der Waals surface area contributed by atoms with Gasteiger partial charge >= 0.3 is 0 Å². The Balaban J connectivity index is 1.12. The Kier molecular flexibility index (Phi) is 6.07. The summed E-state index contributed by atoms with van der Waals surface area (Å²) in [6, 6.07) is 14.2. The number of fused-ring (bicyclic) bond motifs is 1. The molecule has 2 saturated heterocycles. The summed E-state index contributed by atoms with van der Waals surface area (Å²) in [5, 5.41) is 0. The quantitative estimate of drug-likeness (QED) is 0.761. The molecule has 3 aliphatic rings. The normalized spacial score (nSPS) is 24.4. The van der Waals surface area contributed by atoms with Crippen LogP contribution in [0.15, 0.2) is 48.7 Å². The Morgan fingerprint density at radius 3 is 2.71 bits per heavy atom. The number of benzene rings is 1. The van der Waals surface area contributed by atoms with Crippen LogP contribution in [0.4, 0.5) is 5.82 Å². The second-order valence-electron chi connectivity index (χ2n) is 9.09. The first kappa shape index (κ1) is 20.3. The van der Waals surface area contributed by atoms with Crippen molar-refractivity contribution >= 4 is 11.7 Å². The molecular weight excluding hydrogens is 388 g/mol. The largest absolute Gasteiger partial charge is 0.492 e. The maximum Gasteiger partial charge on any atom is 0.229 e. The number of piperidine rings is 1. The maximum absolute atomic E-state index is 13.2. The highest BCUT2D eigenvalue weighted by molar-refractivity contribution is 5.80. The number of amides is 1. The van der Waals surface area contributed by atoms with E-state index in [9.17, 15) is 4.79 Å². The van der Waals surface area contributed by atoms with Gasteiger partial charge in [0.05, 0.1) is 5.92 Å². The zero-order valence-corrected chi connectivity index (χ0v) is 18.2. The molecule has 2 fully saturated rings. The topological polar surface area (TPSA) is 48.9 Å². The van der Waals surface area contributed by atoms with Crippen LogP contribution in [0.25, 0.3) is 0 Å². The molecule has 5 rings (SSSR count). The summed E-state index contributed by atoms with van der Waals surface area (Å²) < 4.78 is 5.88. The van der Waals surface area contributed by atoms with E-state index in [-0.39, 0.29) is 11.8 Å². The van der Waals surface area contributed by atoms with Crippen molar-refractivity contribution in [1.82, 2.24) is 14.8 Å². The van der Waals surface area contributed by atoms with E-state index in [0.717, 1.165) is 75.8 Å². The Morgan fingerprint density at radius 1 is 1.03 bits per heavy atom. The van der Waals surface area contributed by atoms with Gasteiger partial charge in [0.1, 0.15) is 18.2 Å². The first-order valence-corrected chi connectivity index (χ1v) is 11.6. The lowest BCUT2D eigenvalue weighted by Gasteiger charge is -2.40. The number of hydrogen-bond acceptors (Lipinski definition) is 5. The van der Waals surface area contributed by atoms with Gasteiger partial charge in [-0.1, -0.05) is 24.3 Å². The summed E-state index contributed by atoms with van der Waals surface area (Å²) in [5.41, 5.74) is 1.16. The summed E-state index contributed by atoms with van der Waals surface area (Å²) in [6.45, 7) is 7.54. The Bertz CT molecular complexity index is 882. The second kappa shape index (κ2) is 9.27. The van der Waals surface area contributed by atoms with Crippen LogP contribution in [0.5, 0.6) is 5.75 Å². The monoisotopic (exact) mass is 420 g/mol. The summed E-state index contributed by atoms with van der Waals surface area (Å²) in [4.78, 5) is 24.8. The standard InChI is InChI=1S/C25H32N4O2/c30-25(22-16-21-7-1-2-8-23(21)31-19-22)29-11-5-6-20(18-29)17-27-12-14-28(15-13-27)24-9-3-4-10-26-24/h1-4,7-10,20,22H,5-6,11-19H2. The molecule has 6 heteroatoms. The highest BCUT2D eigenvalue weighted by Gasteiger charge is 2.33. The lowest BCUT2D eigenvalue weighted by molar-refractivity contribution is -0.139. The molecule has 3 aliphatic heterocycles. The Labute approximate surface area is 184 Å². The van der Waals surface area contributed by atoms with Crippen LogP contribution in [0.2, 0.25) is 0 Å². The third-order valence-electron chi connectivity index (χ3n) is 6.92. The summed E-state index contributed by atoms with van der Waals surface area (Å²) in [7, 11) is 0. The van der Waals surface area contributed by atoms with Crippen LogP contribution in [-0.4, -0.2) is 73.1 Å². The van der Waals surface area contributed by atoms with Crippen molar-refractivity contribution in [2.45, 2.75) is 19.3 Å². The van der Waals surface area contributed by atoms with Crippen LogP contribution < -0.4 is 9.64 Å². The number of carbonyl (C=O) groups is 1. The molecular formula is C25H32N4O2. The molecule has 0 aliphatic carbocycles. The number of rotatable bonds is 4. The highest BCUT2D eigenvalue weighted by Crippen LogP contribution is 2.29. The number of anilines is 1. The van der Waals surface area contributed by atoms with E-state index in [0.29, 0.717) is 12.5 Å². The lowest BCUT2D eigenvalue weighted by Crippen LogP contribution is -2.51. The molecule has 0 saturated carbocycles. The van der Waals surface area contributed by atoms with E-state index < -0.39 is 0 Å². The molecule has 0 spiro atoms. The molecule has 31 heavy (non-hydrogen) atoms. The van der Waals surface area contributed by atoms with Crippen molar-refractivity contribution in [1.29, 1.82) is 0 Å². The molecule has 0 radical (unpaired) electrons. The smallest absolute Gasteiger partial charge is 0.229 e. The van der Waals surface area contributed by atoms with Gasteiger partial charge in [0.25, 0.3) is 0 Å². The van der Waals surface area contributed by atoms with Crippen molar-refractivity contribution in [2.75, 3.05) is 57.3 Å². The van der Waals surface area contributed by atoms with Crippen molar-refractivity contribution in [2.24, 2.45) is 11.8 Å². The van der Waals surface area contributed by atoms with E-state index in [1.807, 2.05) is 30.5 Å². The van der Waals surface area contributed by atoms with Crippen molar-refractivity contribution in [3.05, 3.63) is 54.2 Å². The van der Waals surface area contributed by atoms with E-state index in [1.165, 1.54) is 6.42 Å². The van der Waals surface area contributed by atoms with Gasteiger partial charge in [-0.3, -0.25) is 9.69 Å². The van der Waals surface area contributed by atoms with Gasteiger partial charge in [0, 0.05) is 52.0 Å². The Hall–Kier alpha value is -2.60. The van der Waals surface area contributed by atoms with Gasteiger partial charge in [-0.05, 0) is 48.9 Å². The SMILES string of the molecule is O=C(C1COc2ccccc2C1)N1CCCC(CN2CCN(c3ccccn3)CC2)C1. The number of carbonyl (C=O) groups excluding carboxylic acids is 1. The summed E-state index contributed by atoms with van der Waals surface area (Å²) in [6.07, 6.45) is 4.99. The first-order valence-electron chi connectivity index (χ1n) is 11.6. The van der Waals surface area contributed by atoms with Gasteiger partial charge < -0.3 is 14.5 Å². The molecule has 2 atom stereocenters. The number of para-hydroxylation sites is 1. The molecule has 164 valence electrons. The number of pyridine rings is 1. The number of piperazine rings is 1. The molecule has 6 nitrogen and oxygen atoms in total. The lowest BCUT2D eigenvalue weighted by atomic mass is 9.92. The predicted molar refractivity (Wildman–Crippen MR) is 121 cm³/mol. The first-order chi connectivity index (χ1) is 15.3. The second-order valence-corrected chi connectivity index (χ2v) is 9.09. The minimum Gasteiger partial charge on any atom is -0.492 e. The third-order valence-corrected chi connectivity index (χ3v) is 6.92. The van der Waals surface area contributed by atoms with Crippen molar-refractivity contribution in [3.8, 4) is 5.75 Å². The molecule has 0 bridgehead atoms. The number of aromatic nitrogens is 1. The number of hydrogen-bond donors (Lipinski definition) is 0. The molecule has 2 aromatic rings. The van der Waals surface area contributed by atoms with E-state index in [2.05, 4.69) is 37.9 Å². The maximum atomic E-state index is 13.2. The molecule has 2 unspecified atom stereocenters. The van der Waals surface area contributed by atoms with Gasteiger partial charge in [-0.25, -0.2) is 4.98 Å². The van der Waals surface area contributed by atoms with Gasteiger partial charge in [0.15, 0.2) is 0 Å². The van der Waals surface area contributed by atoms with E-state index in [4.69, 9.17) is 4.74 Å². The van der Waals surface area contributed by atoms with Crippen molar-refractivity contribution in [3.63, 3.8) is 0 Å². The molecule has 1 aromatic heterocycles. The molecule has 0 N–H and O–H groups in total. The Morgan fingerprint density at radius 2 is 1.87 bits per heavy atom. The van der Waals surface area contributed by atoms with E-state index >= 15 is 0 Å². The van der Waals surface area contributed by atoms with E-state index in [1.54, 1.807) is 0 Å².